The van der Waals surface area contributed by atoms with E-state index in [2.05, 4.69) is 4.99 Å². The quantitative estimate of drug-likeness (QED) is 0.695. The van der Waals surface area contributed by atoms with Crippen LogP contribution in [0, 0.1) is 0 Å². The third-order valence-electron chi connectivity index (χ3n) is 1.70. The minimum absolute atomic E-state index is 0.0460. The van der Waals surface area contributed by atoms with Gasteiger partial charge in [-0.15, -0.1) is 6.61 Å². The number of aromatic hydroxyl groups is 1. The summed E-state index contributed by atoms with van der Waals surface area (Å²) in [5.74, 6) is 0.445. The lowest BCUT2D eigenvalue weighted by Crippen LogP contribution is -2.08. The molecule has 4 heteroatoms. The Balaban J connectivity index is 2.86. The van der Waals surface area contributed by atoms with E-state index in [-0.39, 0.29) is 18.9 Å². The summed E-state index contributed by atoms with van der Waals surface area (Å²) in [6.07, 6.45) is 1.47. The van der Waals surface area contributed by atoms with Crippen LogP contribution in [0.3, 0.4) is 0 Å². The molecule has 0 unspecified atom stereocenters. The molecular formula is C10H12NO3-. The van der Waals surface area contributed by atoms with Crippen molar-refractivity contribution in [2.75, 3.05) is 20.3 Å². The van der Waals surface area contributed by atoms with Gasteiger partial charge in [-0.3, -0.25) is 4.99 Å². The molecule has 1 aromatic rings. The summed E-state index contributed by atoms with van der Waals surface area (Å²) < 4.78 is 4.92. The lowest BCUT2D eigenvalue weighted by atomic mass is 10.2. The maximum atomic E-state index is 10.1. The Bertz CT molecular complexity index is 323. The fraction of sp³-hybridized carbons (Fsp3) is 0.300. The minimum Gasteiger partial charge on any atom is -0.853 e. The number of nitrogens with zero attached hydrogens (tertiary/aromatic N) is 1. The summed E-state index contributed by atoms with van der Waals surface area (Å²) in [5, 5.41) is 19.7. The van der Waals surface area contributed by atoms with E-state index in [1.54, 1.807) is 18.2 Å². The van der Waals surface area contributed by atoms with Crippen molar-refractivity contribution in [2.45, 2.75) is 0 Å². The van der Waals surface area contributed by atoms with Crippen molar-refractivity contribution in [2.24, 2.45) is 4.99 Å². The number of benzene rings is 1. The maximum Gasteiger partial charge on any atom is 0.166 e. The predicted molar refractivity (Wildman–Crippen MR) is 52.0 cm³/mol. The van der Waals surface area contributed by atoms with Gasteiger partial charge in [0.15, 0.2) is 11.5 Å². The highest BCUT2D eigenvalue weighted by Crippen LogP contribution is 2.27. The van der Waals surface area contributed by atoms with Gasteiger partial charge in [0.05, 0.1) is 7.11 Å². The molecule has 1 N–H and O–H groups in total. The first-order valence-electron chi connectivity index (χ1n) is 4.23. The average molecular weight is 194 g/mol. The molecule has 0 aliphatic carbocycles. The molecule has 0 saturated carbocycles. The van der Waals surface area contributed by atoms with Gasteiger partial charge in [-0.1, -0.05) is 6.07 Å². The molecule has 0 radical (unpaired) electrons. The Morgan fingerprint density at radius 2 is 2.36 bits per heavy atom. The number of rotatable bonds is 4. The molecule has 0 bridgehead atoms. The normalized spacial score (nSPS) is 10.7. The number of ether oxygens (including phenoxy) is 1. The van der Waals surface area contributed by atoms with Crippen LogP contribution in [0.5, 0.6) is 11.5 Å². The molecule has 0 atom stereocenters. The van der Waals surface area contributed by atoms with Crippen LogP contribution in [-0.4, -0.2) is 31.6 Å². The second kappa shape index (κ2) is 5.24. The monoisotopic (exact) mass is 194 g/mol. The van der Waals surface area contributed by atoms with Gasteiger partial charge in [0, 0.05) is 18.3 Å². The largest absolute Gasteiger partial charge is 0.853 e. The summed E-state index contributed by atoms with van der Waals surface area (Å²) >= 11 is 0. The van der Waals surface area contributed by atoms with Crippen molar-refractivity contribution in [3.05, 3.63) is 23.8 Å². The zero-order chi connectivity index (χ0) is 10.4. The second-order valence-electron chi connectivity index (χ2n) is 2.64. The molecular weight excluding hydrogens is 182 g/mol. The highest BCUT2D eigenvalue weighted by Gasteiger charge is 2.03. The summed E-state index contributed by atoms with van der Waals surface area (Å²) in [7, 11) is 1.48. The first-order valence-corrected chi connectivity index (χ1v) is 4.23. The fourth-order valence-electron chi connectivity index (χ4n) is 1.02. The lowest BCUT2D eigenvalue weighted by Gasteiger charge is -2.05. The fourth-order valence-corrected chi connectivity index (χ4v) is 1.02. The van der Waals surface area contributed by atoms with Crippen LogP contribution in [-0.2, 0) is 0 Å². The summed E-state index contributed by atoms with van der Waals surface area (Å²) in [6, 6.07) is 5.10. The Morgan fingerprint density at radius 1 is 1.57 bits per heavy atom. The molecule has 0 heterocycles. The van der Waals surface area contributed by atoms with Crippen LogP contribution >= 0.6 is 0 Å². The van der Waals surface area contributed by atoms with Crippen LogP contribution in [0.1, 0.15) is 5.56 Å². The van der Waals surface area contributed by atoms with Crippen molar-refractivity contribution in [1.29, 1.82) is 0 Å². The lowest BCUT2D eigenvalue weighted by molar-refractivity contribution is -0.363. The van der Waals surface area contributed by atoms with E-state index < -0.39 is 0 Å². The first kappa shape index (κ1) is 10.5. The highest BCUT2D eigenvalue weighted by molar-refractivity contribution is 5.84. The van der Waals surface area contributed by atoms with E-state index in [0.717, 1.165) is 0 Å². The number of hydrogen-bond donors (Lipinski definition) is 1. The molecule has 0 aliphatic heterocycles. The van der Waals surface area contributed by atoms with E-state index in [1.807, 2.05) is 0 Å². The summed E-state index contributed by atoms with van der Waals surface area (Å²) in [5.41, 5.74) is 0.554. The number of methoxy groups -OCH3 is 1. The van der Waals surface area contributed by atoms with Gasteiger partial charge >= 0.3 is 0 Å². The molecule has 0 amide bonds. The van der Waals surface area contributed by atoms with Crippen molar-refractivity contribution in [3.63, 3.8) is 0 Å². The zero-order valence-corrected chi connectivity index (χ0v) is 7.93. The van der Waals surface area contributed by atoms with Gasteiger partial charge in [-0.25, -0.2) is 0 Å². The molecule has 1 rings (SSSR count). The van der Waals surface area contributed by atoms with Gasteiger partial charge in [0.1, 0.15) is 0 Å². The number of para-hydroxylation sites is 1. The molecule has 0 aromatic heterocycles. The van der Waals surface area contributed by atoms with E-state index in [9.17, 15) is 10.2 Å². The third-order valence-corrected chi connectivity index (χ3v) is 1.70. The molecule has 0 fully saturated rings. The molecule has 4 nitrogen and oxygen atoms in total. The predicted octanol–water partition coefficient (Wildman–Crippen LogP) is 0.180. The number of hydrogen-bond acceptors (Lipinski definition) is 4. The van der Waals surface area contributed by atoms with E-state index in [4.69, 9.17) is 4.74 Å². The summed E-state index contributed by atoms with van der Waals surface area (Å²) in [6.45, 7) is -0.0299. The molecule has 1 aromatic carbocycles. The van der Waals surface area contributed by atoms with Crippen molar-refractivity contribution >= 4 is 6.21 Å². The number of aliphatic imine (C=N–C) groups is 1. The highest BCUT2D eigenvalue weighted by atomic mass is 16.5. The Morgan fingerprint density at radius 3 is 3.00 bits per heavy atom. The van der Waals surface area contributed by atoms with Gasteiger partial charge in [0.25, 0.3) is 0 Å². The van der Waals surface area contributed by atoms with Crippen LogP contribution < -0.4 is 9.84 Å². The maximum absolute atomic E-state index is 10.1. The first-order chi connectivity index (χ1) is 6.79. The van der Waals surface area contributed by atoms with Gasteiger partial charge < -0.3 is 14.9 Å². The second-order valence-corrected chi connectivity index (χ2v) is 2.64. The topological polar surface area (TPSA) is 64.9 Å². The van der Waals surface area contributed by atoms with Gasteiger partial charge in [0.2, 0.25) is 0 Å². The molecule has 0 aliphatic rings. The molecule has 0 saturated heterocycles. The third kappa shape index (κ3) is 2.47. The van der Waals surface area contributed by atoms with Crippen molar-refractivity contribution < 1.29 is 14.9 Å². The molecule has 14 heavy (non-hydrogen) atoms. The Hall–Kier alpha value is -1.55. The SMILES string of the molecule is COc1cccc(C=NCC[O-])c1O. The van der Waals surface area contributed by atoms with Crippen LogP contribution in [0.2, 0.25) is 0 Å². The molecule has 0 spiro atoms. The van der Waals surface area contributed by atoms with Crippen LogP contribution in [0.15, 0.2) is 23.2 Å². The Kier molecular flexibility index (Phi) is 3.94. The molecule has 76 valence electrons. The van der Waals surface area contributed by atoms with Gasteiger partial charge in [-0.05, 0) is 12.1 Å². The summed E-state index contributed by atoms with van der Waals surface area (Å²) in [4.78, 5) is 3.84. The van der Waals surface area contributed by atoms with Crippen LogP contribution in [0.4, 0.5) is 0 Å². The number of phenolic OH excluding ortho intramolecular Hbond substituents is 1. The van der Waals surface area contributed by atoms with E-state index >= 15 is 0 Å². The number of phenols is 1. The zero-order valence-electron chi connectivity index (χ0n) is 7.93. The average Bonchev–Trinajstić information content (AvgIpc) is 2.21. The smallest absolute Gasteiger partial charge is 0.166 e. The standard InChI is InChI=1S/C10H12NO3/c1-14-9-4-2-3-8(10(9)13)7-11-5-6-12/h2-4,7,13H,5-6H2,1H3/q-1. The van der Waals surface area contributed by atoms with Crippen molar-refractivity contribution in [3.8, 4) is 11.5 Å². The van der Waals surface area contributed by atoms with Crippen LogP contribution in [0.25, 0.3) is 0 Å². The minimum atomic E-state index is -0.249. The van der Waals surface area contributed by atoms with Gasteiger partial charge in [-0.2, -0.15) is 0 Å². The Labute approximate surface area is 82.5 Å². The van der Waals surface area contributed by atoms with E-state index in [0.29, 0.717) is 11.3 Å². The van der Waals surface area contributed by atoms with Crippen molar-refractivity contribution in [1.82, 2.24) is 0 Å². The van der Waals surface area contributed by atoms with E-state index in [1.165, 1.54) is 13.3 Å².